The van der Waals surface area contributed by atoms with E-state index in [1.165, 1.54) is 0 Å². The molecule has 0 aliphatic carbocycles. The highest BCUT2D eigenvalue weighted by atomic mass is 16.2. The molecule has 0 aromatic carbocycles. The minimum Gasteiger partial charge on any atom is -0.341 e. The second-order valence-electron chi connectivity index (χ2n) is 4.61. The van der Waals surface area contributed by atoms with E-state index >= 15 is 0 Å². The summed E-state index contributed by atoms with van der Waals surface area (Å²) in [7, 11) is 3.90. The Kier molecular flexibility index (Phi) is 3.73. The summed E-state index contributed by atoms with van der Waals surface area (Å²) in [6.45, 7) is 3.38. The molecule has 2 rings (SSSR count). The maximum Gasteiger partial charge on any atom is 0.222 e. The highest BCUT2D eigenvalue weighted by Crippen LogP contribution is 2.09. The Balaban J connectivity index is 1.74. The summed E-state index contributed by atoms with van der Waals surface area (Å²) >= 11 is 0. The fraction of sp³-hybridized carbons (Fsp3) is 0.727. The van der Waals surface area contributed by atoms with E-state index in [0.717, 1.165) is 38.3 Å². The normalized spacial score (nSPS) is 16.2. The number of aromatic nitrogens is 3. The highest BCUT2D eigenvalue weighted by Gasteiger charge is 2.19. The van der Waals surface area contributed by atoms with Crippen LogP contribution in [0.15, 0.2) is 6.20 Å². The topological polar surface area (TPSA) is 54.3 Å². The molecule has 1 saturated heterocycles. The molecule has 2 heterocycles. The molecule has 6 heteroatoms. The zero-order valence-electron chi connectivity index (χ0n) is 10.5. The Hall–Kier alpha value is -1.43. The van der Waals surface area contributed by atoms with Crippen molar-refractivity contribution in [3.8, 4) is 0 Å². The number of carbonyl (C=O) groups is 1. The maximum atomic E-state index is 11.4. The highest BCUT2D eigenvalue weighted by molar-refractivity contribution is 5.78. The number of likely N-dealkylation sites (N-methyl/N-ethyl adjacent to an activating group) is 1. The minimum absolute atomic E-state index is 0.290. The van der Waals surface area contributed by atoms with Crippen LogP contribution in [0.4, 0.5) is 0 Å². The van der Waals surface area contributed by atoms with Crippen molar-refractivity contribution >= 4 is 5.91 Å². The first-order valence-electron chi connectivity index (χ1n) is 5.96. The van der Waals surface area contributed by atoms with Crippen molar-refractivity contribution in [3.05, 3.63) is 11.9 Å². The Morgan fingerprint density at radius 3 is 2.94 bits per heavy atom. The van der Waals surface area contributed by atoms with E-state index in [2.05, 4.69) is 15.2 Å². The first kappa shape index (κ1) is 12.0. The smallest absolute Gasteiger partial charge is 0.222 e. The molecule has 17 heavy (non-hydrogen) atoms. The quantitative estimate of drug-likeness (QED) is 0.716. The number of likely N-dealkylation sites (tertiary alicyclic amines) is 1. The molecule has 1 aliphatic rings. The van der Waals surface area contributed by atoms with Gasteiger partial charge in [0.1, 0.15) is 0 Å². The number of rotatable bonds is 5. The predicted molar refractivity (Wildman–Crippen MR) is 63.2 cm³/mol. The number of aryl methyl sites for hydroxylation is 1. The molecule has 94 valence electrons. The molecule has 1 aromatic rings. The zero-order valence-corrected chi connectivity index (χ0v) is 10.5. The average molecular weight is 237 g/mol. The number of amides is 1. The van der Waals surface area contributed by atoms with Crippen LogP contribution in [0.1, 0.15) is 18.5 Å². The molecule has 1 fully saturated rings. The van der Waals surface area contributed by atoms with Gasteiger partial charge >= 0.3 is 0 Å². The van der Waals surface area contributed by atoms with Gasteiger partial charge in [-0.3, -0.25) is 14.4 Å². The molecule has 6 nitrogen and oxygen atoms in total. The molecule has 0 saturated carbocycles. The summed E-state index contributed by atoms with van der Waals surface area (Å²) in [4.78, 5) is 15.5. The lowest BCUT2D eigenvalue weighted by Gasteiger charge is -2.20. The van der Waals surface area contributed by atoms with Gasteiger partial charge in [0.25, 0.3) is 0 Å². The van der Waals surface area contributed by atoms with Crippen LogP contribution in [0, 0.1) is 0 Å². The summed E-state index contributed by atoms with van der Waals surface area (Å²) in [5.41, 5.74) is 0.961. The van der Waals surface area contributed by atoms with Gasteiger partial charge in [0.2, 0.25) is 5.91 Å². The van der Waals surface area contributed by atoms with Gasteiger partial charge in [-0.15, -0.1) is 5.10 Å². The average Bonchev–Trinajstić information content (AvgIpc) is 2.85. The van der Waals surface area contributed by atoms with Gasteiger partial charge in [0, 0.05) is 45.8 Å². The largest absolute Gasteiger partial charge is 0.341 e. The molecular weight excluding hydrogens is 218 g/mol. The third kappa shape index (κ3) is 3.26. The van der Waals surface area contributed by atoms with Gasteiger partial charge in [0.05, 0.1) is 5.69 Å². The van der Waals surface area contributed by atoms with Gasteiger partial charge in [-0.1, -0.05) is 5.21 Å². The van der Waals surface area contributed by atoms with E-state index in [-0.39, 0.29) is 5.91 Å². The standard InChI is InChI=1S/C11H19N5O/c1-14(8-10-9-15(2)13-12-10)6-7-16-5-3-4-11(16)17/h9H,3-8H2,1-2H3. The molecule has 1 aliphatic heterocycles. The van der Waals surface area contributed by atoms with E-state index < -0.39 is 0 Å². The Labute approximate surface area is 101 Å². The van der Waals surface area contributed by atoms with Gasteiger partial charge in [0.15, 0.2) is 0 Å². The minimum atomic E-state index is 0.290. The predicted octanol–water partition coefficient (Wildman–Crippen LogP) is -0.131. The third-order valence-corrected chi connectivity index (χ3v) is 3.01. The summed E-state index contributed by atoms with van der Waals surface area (Å²) in [6.07, 6.45) is 3.64. The van der Waals surface area contributed by atoms with Crippen molar-refractivity contribution in [2.75, 3.05) is 26.7 Å². The molecule has 0 radical (unpaired) electrons. The van der Waals surface area contributed by atoms with Gasteiger partial charge in [-0.25, -0.2) is 0 Å². The summed E-state index contributed by atoms with van der Waals surface area (Å²) in [6, 6.07) is 0. The molecule has 0 N–H and O–H groups in total. The monoisotopic (exact) mass is 237 g/mol. The van der Waals surface area contributed by atoms with Crippen molar-refractivity contribution < 1.29 is 4.79 Å². The van der Waals surface area contributed by atoms with Gasteiger partial charge in [-0.2, -0.15) is 0 Å². The first-order chi connectivity index (χ1) is 8.15. The van der Waals surface area contributed by atoms with E-state index in [4.69, 9.17) is 0 Å². The first-order valence-corrected chi connectivity index (χ1v) is 5.96. The molecule has 0 atom stereocenters. The van der Waals surface area contributed by atoms with Crippen LogP contribution in [-0.2, 0) is 18.4 Å². The van der Waals surface area contributed by atoms with Gasteiger partial charge < -0.3 is 4.90 Å². The lowest BCUT2D eigenvalue weighted by molar-refractivity contribution is -0.127. The Bertz CT molecular complexity index is 389. The van der Waals surface area contributed by atoms with E-state index in [9.17, 15) is 4.79 Å². The molecule has 0 bridgehead atoms. The summed E-state index contributed by atoms with van der Waals surface area (Å²) in [5.74, 6) is 0.290. The molecule has 0 spiro atoms. The Morgan fingerprint density at radius 1 is 1.53 bits per heavy atom. The van der Waals surface area contributed by atoms with E-state index in [1.54, 1.807) is 4.68 Å². The van der Waals surface area contributed by atoms with Crippen LogP contribution in [0.3, 0.4) is 0 Å². The molecule has 1 amide bonds. The second kappa shape index (κ2) is 5.27. The van der Waals surface area contributed by atoms with Crippen LogP contribution >= 0.6 is 0 Å². The van der Waals surface area contributed by atoms with Crippen LogP contribution < -0.4 is 0 Å². The summed E-state index contributed by atoms with van der Waals surface area (Å²) in [5, 5.41) is 7.94. The van der Waals surface area contributed by atoms with Crippen molar-refractivity contribution in [2.24, 2.45) is 7.05 Å². The molecule has 0 unspecified atom stereocenters. The van der Waals surface area contributed by atoms with Crippen molar-refractivity contribution in [3.63, 3.8) is 0 Å². The van der Waals surface area contributed by atoms with Crippen molar-refractivity contribution in [1.82, 2.24) is 24.8 Å². The molecule has 1 aromatic heterocycles. The van der Waals surface area contributed by atoms with Crippen LogP contribution in [-0.4, -0.2) is 57.4 Å². The molecular formula is C11H19N5O. The number of hydrogen-bond acceptors (Lipinski definition) is 4. The lowest BCUT2D eigenvalue weighted by atomic mass is 10.4. The third-order valence-electron chi connectivity index (χ3n) is 3.01. The SMILES string of the molecule is CN(CCN1CCCC1=O)Cc1cn(C)nn1. The van der Waals surface area contributed by atoms with E-state index in [1.807, 2.05) is 25.2 Å². The Morgan fingerprint density at radius 2 is 2.35 bits per heavy atom. The fourth-order valence-corrected chi connectivity index (χ4v) is 2.06. The van der Waals surface area contributed by atoms with Crippen LogP contribution in [0.5, 0.6) is 0 Å². The van der Waals surface area contributed by atoms with E-state index in [0.29, 0.717) is 6.42 Å². The van der Waals surface area contributed by atoms with Crippen LogP contribution in [0.25, 0.3) is 0 Å². The van der Waals surface area contributed by atoms with Crippen molar-refractivity contribution in [2.45, 2.75) is 19.4 Å². The maximum absolute atomic E-state index is 11.4. The summed E-state index contributed by atoms with van der Waals surface area (Å²) < 4.78 is 1.70. The second-order valence-corrected chi connectivity index (χ2v) is 4.61. The number of carbonyl (C=O) groups excluding carboxylic acids is 1. The zero-order chi connectivity index (χ0) is 12.3. The fourth-order valence-electron chi connectivity index (χ4n) is 2.06. The number of nitrogens with zero attached hydrogens (tertiary/aromatic N) is 5. The van der Waals surface area contributed by atoms with Crippen molar-refractivity contribution in [1.29, 1.82) is 0 Å². The van der Waals surface area contributed by atoms with Crippen LogP contribution in [0.2, 0.25) is 0 Å². The lowest BCUT2D eigenvalue weighted by Crippen LogP contribution is -2.33. The van der Waals surface area contributed by atoms with Gasteiger partial charge in [-0.05, 0) is 13.5 Å². The number of hydrogen-bond donors (Lipinski definition) is 0.